The van der Waals surface area contributed by atoms with Crippen molar-refractivity contribution in [2.75, 3.05) is 26.3 Å². The third-order valence-corrected chi connectivity index (χ3v) is 5.81. The number of carbonyl (C=O) groups excluding carboxylic acids is 2. The third kappa shape index (κ3) is 11.5. The summed E-state index contributed by atoms with van der Waals surface area (Å²) in [5.74, 6) is 0.472. The van der Waals surface area contributed by atoms with Crippen molar-refractivity contribution in [3.8, 4) is 11.5 Å². The van der Waals surface area contributed by atoms with E-state index in [0.717, 1.165) is 38.5 Å². The van der Waals surface area contributed by atoms with Crippen LogP contribution in [0.4, 0.5) is 0 Å². The summed E-state index contributed by atoms with van der Waals surface area (Å²) in [5, 5.41) is 7.43. The summed E-state index contributed by atoms with van der Waals surface area (Å²) in [6, 6.07) is 9.71. The predicted octanol–water partition coefficient (Wildman–Crippen LogP) is 6.33. The maximum Gasteiger partial charge on any atom is 0.257 e. The van der Waals surface area contributed by atoms with Gasteiger partial charge < -0.3 is 20.1 Å². The average Bonchev–Trinajstić information content (AvgIpc) is 2.79. The van der Waals surface area contributed by atoms with Crippen LogP contribution in [0.15, 0.2) is 36.4 Å². The molecule has 0 aliphatic rings. The maximum absolute atomic E-state index is 11.9. The van der Waals surface area contributed by atoms with Gasteiger partial charge in [-0.15, -0.1) is 0 Å². The van der Waals surface area contributed by atoms with Crippen LogP contribution in [0.2, 0.25) is 20.1 Å². The molecule has 6 nitrogen and oxygen atoms in total. The van der Waals surface area contributed by atoms with E-state index in [1.54, 1.807) is 36.4 Å². The molecular formula is C24H28Cl4N2O4. The molecule has 0 unspecified atom stereocenters. The first kappa shape index (κ1) is 28.4. The van der Waals surface area contributed by atoms with E-state index in [4.69, 9.17) is 55.9 Å². The van der Waals surface area contributed by atoms with Gasteiger partial charge in [-0.2, -0.15) is 0 Å². The maximum atomic E-state index is 11.9. The smallest absolute Gasteiger partial charge is 0.257 e. The fourth-order valence-corrected chi connectivity index (χ4v) is 3.91. The third-order valence-electron chi connectivity index (χ3n) is 4.75. The molecule has 0 aromatic heterocycles. The second-order valence-electron chi connectivity index (χ2n) is 7.55. The molecule has 0 spiro atoms. The molecule has 0 bridgehead atoms. The van der Waals surface area contributed by atoms with Crippen LogP contribution in [0.5, 0.6) is 11.5 Å². The Labute approximate surface area is 220 Å². The van der Waals surface area contributed by atoms with Gasteiger partial charge in [-0.3, -0.25) is 9.59 Å². The second kappa shape index (κ2) is 15.9. The monoisotopic (exact) mass is 548 g/mol. The van der Waals surface area contributed by atoms with Crippen LogP contribution >= 0.6 is 46.4 Å². The Morgan fingerprint density at radius 3 is 1.38 bits per heavy atom. The van der Waals surface area contributed by atoms with Crippen molar-refractivity contribution in [3.63, 3.8) is 0 Å². The van der Waals surface area contributed by atoms with Crippen LogP contribution in [0.1, 0.15) is 38.5 Å². The number of hydrogen-bond donors (Lipinski definition) is 2. The summed E-state index contributed by atoms with van der Waals surface area (Å²) >= 11 is 23.7. The normalized spacial score (nSPS) is 10.6. The van der Waals surface area contributed by atoms with Crippen molar-refractivity contribution < 1.29 is 19.1 Å². The molecule has 0 heterocycles. The molecule has 186 valence electrons. The molecule has 0 atom stereocenters. The molecule has 34 heavy (non-hydrogen) atoms. The van der Waals surface area contributed by atoms with Gasteiger partial charge in [-0.1, -0.05) is 72.1 Å². The van der Waals surface area contributed by atoms with E-state index in [9.17, 15) is 9.59 Å². The van der Waals surface area contributed by atoms with Crippen molar-refractivity contribution >= 4 is 58.2 Å². The van der Waals surface area contributed by atoms with Crippen LogP contribution in [-0.4, -0.2) is 38.1 Å². The van der Waals surface area contributed by atoms with Crippen LogP contribution in [0, 0.1) is 0 Å². The van der Waals surface area contributed by atoms with E-state index in [2.05, 4.69) is 10.6 Å². The van der Waals surface area contributed by atoms with Crippen molar-refractivity contribution in [2.45, 2.75) is 38.5 Å². The topological polar surface area (TPSA) is 76.7 Å². The zero-order chi connectivity index (χ0) is 24.8. The van der Waals surface area contributed by atoms with Gasteiger partial charge >= 0.3 is 0 Å². The van der Waals surface area contributed by atoms with Crippen LogP contribution in [0.25, 0.3) is 0 Å². The van der Waals surface area contributed by atoms with Gasteiger partial charge in [0.2, 0.25) is 0 Å². The largest absolute Gasteiger partial charge is 0.482 e. The summed E-state index contributed by atoms with van der Waals surface area (Å²) in [7, 11) is 0. The molecule has 0 saturated carbocycles. The zero-order valence-corrected chi connectivity index (χ0v) is 21.7. The van der Waals surface area contributed by atoms with E-state index in [1.807, 2.05) is 0 Å². The van der Waals surface area contributed by atoms with E-state index in [-0.39, 0.29) is 25.0 Å². The number of carbonyl (C=O) groups is 2. The Bertz CT molecular complexity index is 868. The van der Waals surface area contributed by atoms with E-state index >= 15 is 0 Å². The number of rotatable bonds is 15. The van der Waals surface area contributed by atoms with E-state index < -0.39 is 0 Å². The van der Waals surface area contributed by atoms with Crippen molar-refractivity contribution in [1.29, 1.82) is 0 Å². The van der Waals surface area contributed by atoms with Gasteiger partial charge in [0, 0.05) is 23.1 Å². The Kier molecular flexibility index (Phi) is 13.3. The standard InChI is InChI=1S/C24H28Cl4N2O4/c25-17-7-9-21(19(27)13-17)33-15-23(31)29-11-5-3-1-2-4-6-12-30-24(32)16-34-22-10-8-18(26)14-20(22)28/h7-10,13-14H,1-6,11-12,15-16H2,(H,29,31)(H,30,32). The van der Waals surface area contributed by atoms with Crippen molar-refractivity contribution in [3.05, 3.63) is 56.5 Å². The number of nitrogens with one attached hydrogen (secondary N) is 2. The van der Waals surface area contributed by atoms with Gasteiger partial charge in [-0.25, -0.2) is 0 Å². The lowest BCUT2D eigenvalue weighted by atomic mass is 10.1. The Morgan fingerprint density at radius 1 is 0.618 bits per heavy atom. The molecule has 2 amide bonds. The highest BCUT2D eigenvalue weighted by molar-refractivity contribution is 6.36. The lowest BCUT2D eigenvalue weighted by molar-refractivity contribution is -0.123. The molecule has 2 aromatic rings. The number of benzene rings is 2. The second-order valence-corrected chi connectivity index (χ2v) is 9.24. The molecule has 10 heteroatoms. The highest BCUT2D eigenvalue weighted by atomic mass is 35.5. The summed E-state index contributed by atoms with van der Waals surface area (Å²) < 4.78 is 10.8. The van der Waals surface area contributed by atoms with Crippen molar-refractivity contribution in [2.24, 2.45) is 0 Å². The average molecular weight is 550 g/mol. The molecule has 0 saturated heterocycles. The van der Waals surface area contributed by atoms with Crippen molar-refractivity contribution in [1.82, 2.24) is 10.6 Å². The Morgan fingerprint density at radius 2 is 1.00 bits per heavy atom. The molecule has 0 aliphatic heterocycles. The summed E-state index contributed by atoms with van der Waals surface area (Å²) in [6.07, 6.45) is 5.97. The first-order valence-corrected chi connectivity index (χ1v) is 12.6. The van der Waals surface area contributed by atoms with E-state index in [1.165, 1.54) is 0 Å². The number of hydrogen-bond acceptors (Lipinski definition) is 4. The lowest BCUT2D eigenvalue weighted by Gasteiger charge is -2.09. The molecule has 0 aliphatic carbocycles. The summed E-state index contributed by atoms with van der Waals surface area (Å²) in [4.78, 5) is 23.7. The zero-order valence-electron chi connectivity index (χ0n) is 18.7. The molecule has 0 fully saturated rings. The minimum absolute atomic E-state index is 0.0924. The van der Waals surface area contributed by atoms with Crippen LogP contribution < -0.4 is 20.1 Å². The van der Waals surface area contributed by atoms with Gasteiger partial charge in [0.15, 0.2) is 13.2 Å². The number of ether oxygens (including phenoxy) is 2. The van der Waals surface area contributed by atoms with Crippen LogP contribution in [-0.2, 0) is 9.59 Å². The number of amides is 2. The number of unbranched alkanes of at least 4 members (excludes halogenated alkanes) is 5. The Balaban J connectivity index is 1.41. The minimum Gasteiger partial charge on any atom is -0.482 e. The molecule has 2 aromatic carbocycles. The minimum atomic E-state index is -0.191. The predicted molar refractivity (Wildman–Crippen MR) is 138 cm³/mol. The van der Waals surface area contributed by atoms with E-state index in [0.29, 0.717) is 44.7 Å². The fourth-order valence-electron chi connectivity index (χ4n) is 2.99. The van der Waals surface area contributed by atoms with Crippen LogP contribution in [0.3, 0.4) is 0 Å². The SMILES string of the molecule is O=C(COc1ccc(Cl)cc1Cl)NCCCCCCCCNC(=O)COc1ccc(Cl)cc1Cl. The molecule has 2 rings (SSSR count). The molecule has 0 radical (unpaired) electrons. The Hall–Kier alpha value is -1.86. The fraction of sp³-hybridized carbons (Fsp3) is 0.417. The van der Waals surface area contributed by atoms with Gasteiger partial charge in [0.05, 0.1) is 10.0 Å². The van der Waals surface area contributed by atoms with Gasteiger partial charge in [-0.05, 0) is 49.2 Å². The quantitative estimate of drug-likeness (QED) is 0.254. The molecular weight excluding hydrogens is 522 g/mol. The van der Waals surface area contributed by atoms with Gasteiger partial charge in [0.25, 0.3) is 11.8 Å². The molecule has 2 N–H and O–H groups in total. The summed E-state index contributed by atoms with van der Waals surface area (Å²) in [6.45, 7) is 1.02. The first-order chi connectivity index (χ1) is 16.3. The van der Waals surface area contributed by atoms with Gasteiger partial charge in [0.1, 0.15) is 11.5 Å². The highest BCUT2D eigenvalue weighted by Crippen LogP contribution is 2.28. The lowest BCUT2D eigenvalue weighted by Crippen LogP contribution is -2.29. The highest BCUT2D eigenvalue weighted by Gasteiger charge is 2.07. The number of halogens is 4. The summed E-state index contributed by atoms with van der Waals surface area (Å²) in [5.41, 5.74) is 0. The first-order valence-electron chi connectivity index (χ1n) is 11.0.